The van der Waals surface area contributed by atoms with E-state index in [1.54, 1.807) is 0 Å². The number of halogens is 2. The Morgan fingerprint density at radius 3 is 2.88 bits per heavy atom. The Bertz CT molecular complexity index is 529. The van der Waals surface area contributed by atoms with E-state index in [1.807, 2.05) is 0 Å². The van der Waals surface area contributed by atoms with Crippen molar-refractivity contribution >= 4 is 11.6 Å². The third-order valence-electron chi connectivity index (χ3n) is 1.95. The lowest BCUT2D eigenvalue weighted by Crippen LogP contribution is -1.96. The molecule has 2 aromatic rings. The van der Waals surface area contributed by atoms with Crippen LogP contribution in [-0.2, 0) is 6.54 Å². The van der Waals surface area contributed by atoms with E-state index in [2.05, 4.69) is 10.1 Å². The predicted octanol–water partition coefficient (Wildman–Crippen LogP) is 1.69. The van der Waals surface area contributed by atoms with E-state index in [-0.39, 0.29) is 34.6 Å². The quantitative estimate of drug-likeness (QED) is 0.838. The molecule has 0 radical (unpaired) electrons. The molecule has 0 saturated carbocycles. The van der Waals surface area contributed by atoms with E-state index in [9.17, 15) is 4.39 Å². The predicted molar refractivity (Wildman–Crippen MR) is 54.3 cm³/mol. The monoisotopic (exact) mass is 243 g/mol. The van der Waals surface area contributed by atoms with E-state index in [0.29, 0.717) is 0 Å². The highest BCUT2D eigenvalue weighted by atomic mass is 35.5. The molecule has 1 aromatic heterocycles. The number of phenolic OH excluding ortho intramolecular Hbond substituents is 1. The lowest BCUT2D eigenvalue weighted by molar-refractivity contribution is 0.380. The molecule has 0 fully saturated rings. The fraction of sp³-hybridized carbons (Fsp3) is 0.111. The summed E-state index contributed by atoms with van der Waals surface area (Å²) < 4.78 is 18.4. The van der Waals surface area contributed by atoms with E-state index >= 15 is 0 Å². The van der Waals surface area contributed by atoms with Gasteiger partial charge in [-0.1, -0.05) is 16.8 Å². The fourth-order valence-electron chi connectivity index (χ4n) is 1.16. The summed E-state index contributed by atoms with van der Waals surface area (Å²) in [6, 6.07) is 2.56. The first-order valence-electron chi connectivity index (χ1n) is 4.33. The van der Waals surface area contributed by atoms with Crippen LogP contribution >= 0.6 is 11.6 Å². The number of aromatic nitrogens is 2. The van der Waals surface area contributed by atoms with Gasteiger partial charge in [-0.05, 0) is 12.1 Å². The van der Waals surface area contributed by atoms with Gasteiger partial charge >= 0.3 is 0 Å². The number of hydrogen-bond acceptors (Lipinski definition) is 5. The highest BCUT2D eigenvalue weighted by Crippen LogP contribution is 2.32. The molecule has 0 saturated heterocycles. The fourth-order valence-corrected chi connectivity index (χ4v) is 1.32. The lowest BCUT2D eigenvalue weighted by Gasteiger charge is -2.01. The first kappa shape index (κ1) is 10.8. The van der Waals surface area contributed by atoms with Gasteiger partial charge in [0.15, 0.2) is 5.82 Å². The highest BCUT2D eigenvalue weighted by molar-refractivity contribution is 6.32. The molecule has 0 aliphatic rings. The molecule has 0 aliphatic heterocycles. The zero-order valence-electron chi connectivity index (χ0n) is 7.94. The summed E-state index contributed by atoms with van der Waals surface area (Å²) in [7, 11) is 0. The molecule has 2 rings (SSSR count). The largest absolute Gasteiger partial charge is 0.506 e. The minimum atomic E-state index is -0.800. The van der Waals surface area contributed by atoms with Gasteiger partial charge in [0.05, 0.1) is 12.1 Å². The number of nitrogens with zero attached hydrogens (tertiary/aromatic N) is 2. The maximum absolute atomic E-state index is 13.6. The average molecular weight is 244 g/mol. The van der Waals surface area contributed by atoms with Crippen molar-refractivity contribution in [3.63, 3.8) is 0 Å². The number of nitrogens with two attached hydrogens (primary N) is 1. The van der Waals surface area contributed by atoms with E-state index < -0.39 is 5.82 Å². The molecule has 16 heavy (non-hydrogen) atoms. The van der Waals surface area contributed by atoms with Gasteiger partial charge in [0.25, 0.3) is 0 Å². The molecule has 0 atom stereocenters. The summed E-state index contributed by atoms with van der Waals surface area (Å²) in [5, 5.41) is 12.3. The summed E-state index contributed by atoms with van der Waals surface area (Å²) >= 11 is 5.54. The number of rotatable bonds is 2. The smallest absolute Gasteiger partial charge is 0.240 e. The zero-order valence-corrected chi connectivity index (χ0v) is 8.70. The average Bonchev–Trinajstić information content (AvgIpc) is 2.74. The number of aromatic hydroxyl groups is 1. The molecule has 0 spiro atoms. The third kappa shape index (κ3) is 1.72. The van der Waals surface area contributed by atoms with Crippen molar-refractivity contribution in [3.8, 4) is 17.1 Å². The molecule has 84 valence electrons. The van der Waals surface area contributed by atoms with Crippen LogP contribution in [0, 0.1) is 5.82 Å². The van der Waals surface area contributed by atoms with E-state index in [1.165, 1.54) is 12.1 Å². The Morgan fingerprint density at radius 2 is 2.25 bits per heavy atom. The summed E-state index contributed by atoms with van der Waals surface area (Å²) in [5.41, 5.74) is 5.32. The Labute approximate surface area is 94.6 Å². The second-order valence-electron chi connectivity index (χ2n) is 2.98. The highest BCUT2D eigenvalue weighted by Gasteiger charge is 2.16. The van der Waals surface area contributed by atoms with Crippen LogP contribution in [0.3, 0.4) is 0 Å². The van der Waals surface area contributed by atoms with Crippen LogP contribution in [0.25, 0.3) is 11.4 Å². The van der Waals surface area contributed by atoms with Crippen molar-refractivity contribution in [1.82, 2.24) is 10.1 Å². The van der Waals surface area contributed by atoms with Crippen molar-refractivity contribution in [2.45, 2.75) is 6.54 Å². The van der Waals surface area contributed by atoms with Crippen LogP contribution < -0.4 is 5.73 Å². The van der Waals surface area contributed by atoms with Gasteiger partial charge in [0.2, 0.25) is 11.7 Å². The minimum absolute atomic E-state index is 0.0415. The van der Waals surface area contributed by atoms with Crippen molar-refractivity contribution < 1.29 is 14.0 Å². The molecular weight excluding hydrogens is 237 g/mol. The minimum Gasteiger partial charge on any atom is -0.506 e. The van der Waals surface area contributed by atoms with Crippen LogP contribution in [0.5, 0.6) is 5.75 Å². The Balaban J connectivity index is 2.52. The first-order chi connectivity index (χ1) is 7.63. The summed E-state index contributed by atoms with van der Waals surface area (Å²) in [4.78, 5) is 3.85. The molecule has 1 heterocycles. The van der Waals surface area contributed by atoms with Crippen LogP contribution in [0.15, 0.2) is 16.7 Å². The Hall–Kier alpha value is -1.66. The molecule has 3 N–H and O–H groups in total. The molecule has 0 amide bonds. The van der Waals surface area contributed by atoms with Crippen molar-refractivity contribution in [2.75, 3.05) is 0 Å². The Kier molecular flexibility index (Phi) is 2.76. The number of phenols is 1. The van der Waals surface area contributed by atoms with E-state index in [0.717, 1.165) is 0 Å². The normalized spacial score (nSPS) is 10.7. The topological polar surface area (TPSA) is 85.2 Å². The summed E-state index contributed by atoms with van der Waals surface area (Å²) in [6.07, 6.45) is 0. The molecular formula is C9H7ClFN3O2. The van der Waals surface area contributed by atoms with Gasteiger partial charge in [-0.3, -0.25) is 0 Å². The summed E-state index contributed by atoms with van der Waals surface area (Å²) in [6.45, 7) is 0.0699. The van der Waals surface area contributed by atoms with E-state index in [4.69, 9.17) is 27.0 Å². The molecule has 1 aromatic carbocycles. The van der Waals surface area contributed by atoms with Crippen LogP contribution in [0.4, 0.5) is 4.39 Å². The molecule has 0 aliphatic carbocycles. The Morgan fingerprint density at radius 1 is 1.50 bits per heavy atom. The number of benzene rings is 1. The summed E-state index contributed by atoms with van der Waals surface area (Å²) in [5.74, 6) is -0.907. The first-order valence-corrected chi connectivity index (χ1v) is 4.71. The zero-order chi connectivity index (χ0) is 11.7. The molecule has 5 nitrogen and oxygen atoms in total. The van der Waals surface area contributed by atoms with Crippen LogP contribution in [0.2, 0.25) is 5.02 Å². The van der Waals surface area contributed by atoms with Crippen molar-refractivity contribution in [1.29, 1.82) is 0 Å². The van der Waals surface area contributed by atoms with Gasteiger partial charge < -0.3 is 15.4 Å². The van der Waals surface area contributed by atoms with Gasteiger partial charge in [0, 0.05) is 0 Å². The molecule has 0 bridgehead atoms. The second-order valence-corrected chi connectivity index (χ2v) is 3.35. The third-order valence-corrected chi connectivity index (χ3v) is 2.31. The maximum Gasteiger partial charge on any atom is 0.240 e. The van der Waals surface area contributed by atoms with Gasteiger partial charge in [0.1, 0.15) is 10.8 Å². The van der Waals surface area contributed by atoms with Gasteiger partial charge in [-0.2, -0.15) is 4.98 Å². The second kappa shape index (κ2) is 4.07. The molecule has 7 heteroatoms. The maximum atomic E-state index is 13.6. The SMILES string of the molecule is NCc1nc(-c2ccc(O)c(Cl)c2F)no1. The van der Waals surface area contributed by atoms with Crippen LogP contribution in [0.1, 0.15) is 5.89 Å². The van der Waals surface area contributed by atoms with Crippen LogP contribution in [-0.4, -0.2) is 15.2 Å². The standard InChI is InChI=1S/C9H7ClFN3O2/c10-7-5(15)2-1-4(8(7)11)9-13-6(3-12)16-14-9/h1-2,15H,3,12H2. The van der Waals surface area contributed by atoms with Crippen molar-refractivity contribution in [2.24, 2.45) is 5.73 Å². The van der Waals surface area contributed by atoms with Gasteiger partial charge in [-0.15, -0.1) is 0 Å². The molecule has 0 unspecified atom stereocenters. The van der Waals surface area contributed by atoms with Crippen molar-refractivity contribution in [3.05, 3.63) is 28.9 Å². The van der Waals surface area contributed by atoms with Gasteiger partial charge in [-0.25, -0.2) is 4.39 Å². The number of hydrogen-bond donors (Lipinski definition) is 2. The lowest BCUT2D eigenvalue weighted by atomic mass is 10.2.